The van der Waals surface area contributed by atoms with Crippen LogP contribution in [0.1, 0.15) is 18.2 Å². The van der Waals surface area contributed by atoms with Crippen LogP contribution >= 0.6 is 11.6 Å². The second-order valence-electron chi connectivity index (χ2n) is 2.40. The van der Waals surface area contributed by atoms with Gasteiger partial charge in [0.1, 0.15) is 0 Å². The number of pyridine rings is 1. The molecule has 0 spiro atoms. The van der Waals surface area contributed by atoms with Gasteiger partial charge in [-0.15, -0.1) is 11.6 Å². The quantitative estimate of drug-likeness (QED) is 0.634. The van der Waals surface area contributed by atoms with Crippen molar-refractivity contribution < 1.29 is 0 Å². The molecule has 0 bridgehead atoms. The minimum atomic E-state index is 0.679. The Labute approximate surface area is 72.4 Å². The highest BCUT2D eigenvalue weighted by molar-refractivity contribution is 6.17. The van der Waals surface area contributed by atoms with Gasteiger partial charge in [-0.1, -0.05) is 13.0 Å². The summed E-state index contributed by atoms with van der Waals surface area (Å²) in [6.45, 7) is 2.11. The molecule has 11 heavy (non-hydrogen) atoms. The number of alkyl halides is 1. The molecule has 0 amide bonds. The van der Waals surface area contributed by atoms with Crippen LogP contribution in [0.25, 0.3) is 0 Å². The maximum Gasteiger partial charge on any atom is 0.0433 e. The predicted octanol–water partition coefficient (Wildman–Crippen LogP) is 2.43. The van der Waals surface area contributed by atoms with Gasteiger partial charge in [0.05, 0.1) is 0 Å². The highest BCUT2D eigenvalue weighted by Crippen LogP contribution is 2.07. The molecule has 0 aromatic carbocycles. The molecule has 0 saturated heterocycles. The minimum absolute atomic E-state index is 0.679. The van der Waals surface area contributed by atoms with Crippen molar-refractivity contribution in [3.8, 4) is 0 Å². The average molecular weight is 170 g/mol. The Bertz CT molecular complexity index is 223. The number of rotatable bonds is 3. The van der Waals surface area contributed by atoms with Gasteiger partial charge in [0.2, 0.25) is 0 Å². The molecule has 60 valence electrons. The summed E-state index contributed by atoms with van der Waals surface area (Å²) in [6, 6.07) is 4.05. The van der Waals surface area contributed by atoms with E-state index in [0.717, 1.165) is 12.8 Å². The van der Waals surface area contributed by atoms with E-state index >= 15 is 0 Å². The zero-order valence-electron chi connectivity index (χ0n) is 6.68. The normalized spacial score (nSPS) is 10.0. The molecule has 0 fully saturated rings. The predicted molar refractivity (Wildman–Crippen MR) is 48.0 cm³/mol. The summed E-state index contributed by atoms with van der Waals surface area (Å²) in [5, 5.41) is 0. The van der Waals surface area contributed by atoms with Crippen LogP contribution in [0.4, 0.5) is 0 Å². The van der Waals surface area contributed by atoms with Gasteiger partial charge in [-0.05, 0) is 24.5 Å². The molecule has 1 heterocycles. The number of halogens is 1. The van der Waals surface area contributed by atoms with Crippen molar-refractivity contribution in [2.24, 2.45) is 0 Å². The Morgan fingerprint density at radius 3 is 3.00 bits per heavy atom. The zero-order chi connectivity index (χ0) is 8.10. The van der Waals surface area contributed by atoms with Crippen molar-refractivity contribution in [1.29, 1.82) is 0 Å². The summed E-state index contributed by atoms with van der Waals surface area (Å²) in [7, 11) is 0. The van der Waals surface area contributed by atoms with Crippen molar-refractivity contribution in [2.45, 2.75) is 19.8 Å². The number of hydrogen-bond donors (Lipinski definition) is 0. The number of aryl methyl sites for hydroxylation is 2. The summed E-state index contributed by atoms with van der Waals surface area (Å²) in [4.78, 5) is 4.26. The second kappa shape index (κ2) is 4.35. The minimum Gasteiger partial charge on any atom is -0.261 e. The van der Waals surface area contributed by atoms with E-state index in [9.17, 15) is 0 Å². The second-order valence-corrected chi connectivity index (χ2v) is 2.78. The van der Waals surface area contributed by atoms with Gasteiger partial charge >= 0.3 is 0 Å². The van der Waals surface area contributed by atoms with Gasteiger partial charge in [-0.2, -0.15) is 0 Å². The molecular formula is C9H12ClN. The molecule has 2 heteroatoms. The number of aromatic nitrogens is 1. The Morgan fingerprint density at radius 1 is 1.55 bits per heavy atom. The van der Waals surface area contributed by atoms with Crippen LogP contribution in [0, 0.1) is 0 Å². The lowest BCUT2D eigenvalue weighted by atomic mass is 10.1. The molecule has 0 radical (unpaired) electrons. The summed E-state index contributed by atoms with van der Waals surface area (Å²) in [5.41, 5.74) is 2.46. The molecule has 0 aliphatic rings. The van der Waals surface area contributed by atoms with Gasteiger partial charge in [-0.3, -0.25) is 4.98 Å². The van der Waals surface area contributed by atoms with Crippen LogP contribution in [0.3, 0.4) is 0 Å². The molecule has 1 aromatic rings. The van der Waals surface area contributed by atoms with Gasteiger partial charge < -0.3 is 0 Å². The molecule has 1 rings (SSSR count). The summed E-state index contributed by atoms with van der Waals surface area (Å²) in [6.07, 6.45) is 3.75. The molecule has 0 aliphatic heterocycles. The van der Waals surface area contributed by atoms with E-state index in [2.05, 4.69) is 18.0 Å². The van der Waals surface area contributed by atoms with E-state index in [1.165, 1.54) is 11.3 Å². The van der Waals surface area contributed by atoms with Gasteiger partial charge in [0.25, 0.3) is 0 Å². The van der Waals surface area contributed by atoms with E-state index in [0.29, 0.717) is 5.88 Å². The first-order valence-corrected chi connectivity index (χ1v) is 4.40. The van der Waals surface area contributed by atoms with E-state index < -0.39 is 0 Å². The maximum absolute atomic E-state index is 5.64. The lowest BCUT2D eigenvalue weighted by Crippen LogP contribution is -1.96. The van der Waals surface area contributed by atoms with Crippen molar-refractivity contribution in [1.82, 2.24) is 4.98 Å². The summed E-state index contributed by atoms with van der Waals surface area (Å²) in [5.74, 6) is 0.679. The van der Waals surface area contributed by atoms with Gasteiger partial charge in [0.15, 0.2) is 0 Å². The Balaban J connectivity index is 2.83. The van der Waals surface area contributed by atoms with Gasteiger partial charge in [-0.25, -0.2) is 0 Å². The summed E-state index contributed by atoms with van der Waals surface area (Å²) < 4.78 is 0. The van der Waals surface area contributed by atoms with Crippen molar-refractivity contribution >= 4 is 11.6 Å². The molecule has 0 aliphatic carbocycles. The summed E-state index contributed by atoms with van der Waals surface area (Å²) >= 11 is 5.64. The molecule has 0 N–H and O–H groups in total. The maximum atomic E-state index is 5.64. The van der Waals surface area contributed by atoms with Crippen LogP contribution < -0.4 is 0 Å². The Kier molecular flexibility index (Phi) is 3.37. The third-order valence-corrected chi connectivity index (χ3v) is 1.87. The first kappa shape index (κ1) is 8.54. The molecule has 1 nitrogen and oxygen atoms in total. The molecular weight excluding hydrogens is 158 g/mol. The van der Waals surface area contributed by atoms with Crippen LogP contribution in [0.15, 0.2) is 18.3 Å². The Hall–Kier alpha value is -0.560. The molecule has 0 saturated carbocycles. The third kappa shape index (κ3) is 2.19. The highest BCUT2D eigenvalue weighted by Gasteiger charge is 1.98. The number of hydrogen-bond acceptors (Lipinski definition) is 1. The molecule has 1 aromatic heterocycles. The van der Waals surface area contributed by atoms with Gasteiger partial charge in [0, 0.05) is 17.8 Å². The fourth-order valence-corrected chi connectivity index (χ4v) is 1.32. The van der Waals surface area contributed by atoms with Crippen LogP contribution in [-0.2, 0) is 12.8 Å². The zero-order valence-corrected chi connectivity index (χ0v) is 7.43. The average Bonchev–Trinajstić information content (AvgIpc) is 2.06. The van der Waals surface area contributed by atoms with E-state index in [-0.39, 0.29) is 0 Å². The topological polar surface area (TPSA) is 12.9 Å². The highest BCUT2D eigenvalue weighted by atomic mass is 35.5. The fraction of sp³-hybridized carbons (Fsp3) is 0.444. The Morgan fingerprint density at radius 2 is 2.36 bits per heavy atom. The lowest BCUT2D eigenvalue weighted by molar-refractivity contribution is 0.967. The first-order chi connectivity index (χ1) is 5.38. The largest absolute Gasteiger partial charge is 0.261 e. The number of nitrogens with zero attached hydrogens (tertiary/aromatic N) is 1. The first-order valence-electron chi connectivity index (χ1n) is 3.87. The van der Waals surface area contributed by atoms with Crippen LogP contribution in [0.5, 0.6) is 0 Å². The standard InChI is InChI=1S/C9H12ClN/c1-2-9-8(5-6-10)4-3-7-11-9/h3-4,7H,2,5-6H2,1H3. The van der Waals surface area contributed by atoms with Crippen LogP contribution in [0.2, 0.25) is 0 Å². The van der Waals surface area contributed by atoms with Crippen molar-refractivity contribution in [3.05, 3.63) is 29.6 Å². The SMILES string of the molecule is CCc1ncccc1CCCl. The molecule has 0 unspecified atom stereocenters. The lowest BCUT2D eigenvalue weighted by Gasteiger charge is -2.02. The van der Waals surface area contributed by atoms with Crippen molar-refractivity contribution in [3.63, 3.8) is 0 Å². The smallest absolute Gasteiger partial charge is 0.0433 e. The fourth-order valence-electron chi connectivity index (χ4n) is 1.12. The van der Waals surface area contributed by atoms with Crippen LogP contribution in [-0.4, -0.2) is 10.9 Å². The van der Waals surface area contributed by atoms with E-state index in [1.807, 2.05) is 12.3 Å². The monoisotopic (exact) mass is 169 g/mol. The van der Waals surface area contributed by atoms with E-state index in [4.69, 9.17) is 11.6 Å². The van der Waals surface area contributed by atoms with E-state index in [1.54, 1.807) is 0 Å². The van der Waals surface area contributed by atoms with Crippen molar-refractivity contribution in [2.75, 3.05) is 5.88 Å². The molecule has 0 atom stereocenters. The third-order valence-electron chi connectivity index (χ3n) is 1.68.